The molecule has 0 bridgehead atoms. The van der Waals surface area contributed by atoms with Gasteiger partial charge in [-0.3, -0.25) is 9.78 Å². The molecule has 4 heterocycles. The number of pyridine rings is 1. The highest BCUT2D eigenvalue weighted by Crippen LogP contribution is 2.44. The molecule has 0 radical (unpaired) electrons. The molecule has 0 unspecified atom stereocenters. The third-order valence-corrected chi connectivity index (χ3v) is 6.57. The molecule has 0 atom stereocenters. The van der Waals surface area contributed by atoms with Gasteiger partial charge in [0.25, 0.3) is 0 Å². The van der Waals surface area contributed by atoms with Gasteiger partial charge < -0.3 is 10.1 Å². The number of hydrogen-bond donors (Lipinski definition) is 1. The van der Waals surface area contributed by atoms with E-state index in [0.29, 0.717) is 28.7 Å². The summed E-state index contributed by atoms with van der Waals surface area (Å²) in [6, 6.07) is 30.5. The van der Waals surface area contributed by atoms with Gasteiger partial charge in [-0.1, -0.05) is 48.5 Å². The lowest BCUT2D eigenvalue weighted by atomic mass is 9.87. The van der Waals surface area contributed by atoms with E-state index in [1.165, 1.54) is 0 Å². The highest BCUT2D eigenvalue weighted by molar-refractivity contribution is 6.00. The Hall–Kier alpha value is -5.37. The Morgan fingerprint density at radius 2 is 1.50 bits per heavy atom. The predicted octanol–water partition coefficient (Wildman–Crippen LogP) is 5.73. The fourth-order valence-electron chi connectivity index (χ4n) is 4.79. The van der Waals surface area contributed by atoms with Gasteiger partial charge in [-0.05, 0) is 48.5 Å². The van der Waals surface area contributed by atoms with Gasteiger partial charge in [0.2, 0.25) is 5.91 Å². The standard InChI is InChI=1S/C30H20N6O2/c37-30(28-22-8-1-3-10-25(22)38-26-11-4-2-9-23(26)28)32-21-7-5-6-20(18-21)24-12-13-27-33-34-29(36(27)35-24)19-14-16-31-17-15-19/h1-18,28H,(H,32,37). The van der Waals surface area contributed by atoms with Crippen molar-refractivity contribution in [3.8, 4) is 34.1 Å². The summed E-state index contributed by atoms with van der Waals surface area (Å²) in [6.45, 7) is 0. The van der Waals surface area contributed by atoms with Crippen LogP contribution in [0.5, 0.6) is 11.5 Å². The number of fused-ring (bicyclic) bond motifs is 3. The molecule has 0 saturated heterocycles. The van der Waals surface area contributed by atoms with Gasteiger partial charge in [0.15, 0.2) is 11.5 Å². The molecule has 1 amide bonds. The maximum absolute atomic E-state index is 13.7. The lowest BCUT2D eigenvalue weighted by molar-refractivity contribution is -0.116. The second-order valence-electron chi connectivity index (χ2n) is 8.93. The first-order valence-electron chi connectivity index (χ1n) is 12.1. The monoisotopic (exact) mass is 496 g/mol. The van der Waals surface area contributed by atoms with Crippen LogP contribution in [-0.2, 0) is 4.79 Å². The first-order valence-corrected chi connectivity index (χ1v) is 12.1. The zero-order valence-electron chi connectivity index (χ0n) is 20.0. The summed E-state index contributed by atoms with van der Waals surface area (Å²) >= 11 is 0. The third-order valence-electron chi connectivity index (χ3n) is 6.57. The number of carbonyl (C=O) groups excluding carboxylic acids is 1. The third kappa shape index (κ3) is 3.75. The Labute approximate surface area is 217 Å². The van der Waals surface area contributed by atoms with Gasteiger partial charge in [-0.25, -0.2) is 0 Å². The summed E-state index contributed by atoms with van der Waals surface area (Å²) in [5.74, 6) is 1.39. The van der Waals surface area contributed by atoms with Gasteiger partial charge in [-0.2, -0.15) is 9.61 Å². The number of anilines is 1. The van der Waals surface area contributed by atoms with Crippen LogP contribution in [0.15, 0.2) is 109 Å². The molecule has 1 aliphatic rings. The average molecular weight is 497 g/mol. The molecule has 0 spiro atoms. The molecule has 0 saturated carbocycles. The summed E-state index contributed by atoms with van der Waals surface area (Å²) in [5.41, 5.74) is 5.44. The molecular formula is C30H20N6O2. The Morgan fingerprint density at radius 3 is 2.26 bits per heavy atom. The molecule has 182 valence electrons. The normalized spacial score (nSPS) is 12.4. The lowest BCUT2D eigenvalue weighted by Crippen LogP contribution is -2.25. The zero-order valence-corrected chi connectivity index (χ0v) is 20.0. The Kier molecular flexibility index (Phi) is 5.14. The highest BCUT2D eigenvalue weighted by Gasteiger charge is 2.32. The first kappa shape index (κ1) is 21.9. The van der Waals surface area contributed by atoms with E-state index in [1.807, 2.05) is 97.1 Å². The van der Waals surface area contributed by atoms with Crippen molar-refractivity contribution in [1.29, 1.82) is 0 Å². The maximum Gasteiger partial charge on any atom is 0.236 e. The van der Waals surface area contributed by atoms with Gasteiger partial charge in [-0.15, -0.1) is 10.2 Å². The number of nitrogens with one attached hydrogen (secondary N) is 1. The molecule has 38 heavy (non-hydrogen) atoms. The summed E-state index contributed by atoms with van der Waals surface area (Å²) < 4.78 is 7.76. The molecule has 3 aromatic carbocycles. The number of amides is 1. The highest BCUT2D eigenvalue weighted by atomic mass is 16.5. The number of para-hydroxylation sites is 2. The molecule has 0 aliphatic carbocycles. The second kappa shape index (κ2) is 8.94. The van der Waals surface area contributed by atoms with Crippen molar-refractivity contribution in [3.05, 3.63) is 121 Å². The molecule has 0 fully saturated rings. The first-order chi connectivity index (χ1) is 18.7. The molecule has 3 aromatic heterocycles. The van der Waals surface area contributed by atoms with Crippen molar-refractivity contribution < 1.29 is 9.53 Å². The maximum atomic E-state index is 13.7. The van der Waals surface area contributed by atoms with Crippen LogP contribution in [-0.4, -0.2) is 30.7 Å². The van der Waals surface area contributed by atoms with E-state index >= 15 is 0 Å². The zero-order chi connectivity index (χ0) is 25.5. The van der Waals surface area contributed by atoms with Crippen LogP contribution in [0.4, 0.5) is 5.69 Å². The fraction of sp³-hybridized carbons (Fsp3) is 0.0333. The van der Waals surface area contributed by atoms with Crippen LogP contribution < -0.4 is 10.1 Å². The van der Waals surface area contributed by atoms with E-state index in [1.54, 1.807) is 16.9 Å². The quantitative estimate of drug-likeness (QED) is 0.335. The minimum absolute atomic E-state index is 0.132. The van der Waals surface area contributed by atoms with E-state index in [4.69, 9.17) is 9.84 Å². The summed E-state index contributed by atoms with van der Waals surface area (Å²) in [5, 5.41) is 16.4. The molecule has 8 heteroatoms. The van der Waals surface area contributed by atoms with E-state index in [0.717, 1.165) is 27.9 Å². The van der Waals surface area contributed by atoms with Crippen LogP contribution >= 0.6 is 0 Å². The van der Waals surface area contributed by atoms with Gasteiger partial charge >= 0.3 is 0 Å². The number of rotatable bonds is 4. The van der Waals surface area contributed by atoms with E-state index < -0.39 is 5.92 Å². The number of hydrogen-bond acceptors (Lipinski definition) is 6. The van der Waals surface area contributed by atoms with E-state index in [2.05, 4.69) is 20.5 Å². The molecule has 7 rings (SSSR count). The van der Waals surface area contributed by atoms with Crippen LogP contribution in [0.2, 0.25) is 0 Å². The molecule has 1 N–H and O–H groups in total. The summed E-state index contributed by atoms with van der Waals surface area (Å²) in [4.78, 5) is 17.7. The van der Waals surface area contributed by atoms with E-state index in [9.17, 15) is 4.79 Å². The van der Waals surface area contributed by atoms with Crippen LogP contribution in [0, 0.1) is 0 Å². The van der Waals surface area contributed by atoms with Gasteiger partial charge in [0.1, 0.15) is 11.5 Å². The number of benzene rings is 3. The number of aromatic nitrogens is 5. The topological polar surface area (TPSA) is 94.3 Å². The average Bonchev–Trinajstić information content (AvgIpc) is 3.40. The lowest BCUT2D eigenvalue weighted by Gasteiger charge is -2.27. The smallest absolute Gasteiger partial charge is 0.236 e. The predicted molar refractivity (Wildman–Crippen MR) is 143 cm³/mol. The van der Waals surface area contributed by atoms with Crippen molar-refractivity contribution in [2.45, 2.75) is 5.92 Å². The molecule has 1 aliphatic heterocycles. The molecule has 6 aromatic rings. The Bertz CT molecular complexity index is 1770. The summed E-state index contributed by atoms with van der Waals surface area (Å²) in [7, 11) is 0. The van der Waals surface area contributed by atoms with Crippen molar-refractivity contribution in [2.75, 3.05) is 5.32 Å². The SMILES string of the molecule is O=C(Nc1cccc(-c2ccc3nnc(-c4ccncc4)n3n2)c1)C1c2ccccc2Oc2ccccc21. The van der Waals surface area contributed by atoms with E-state index in [-0.39, 0.29) is 5.91 Å². The number of nitrogens with zero attached hydrogens (tertiary/aromatic N) is 5. The van der Waals surface area contributed by atoms with Crippen LogP contribution in [0.1, 0.15) is 17.0 Å². The molecule has 8 nitrogen and oxygen atoms in total. The van der Waals surface area contributed by atoms with Crippen molar-refractivity contribution >= 4 is 17.2 Å². The Morgan fingerprint density at radius 1 is 0.763 bits per heavy atom. The molecular weight excluding hydrogens is 476 g/mol. The number of carbonyl (C=O) groups is 1. The van der Waals surface area contributed by atoms with Crippen molar-refractivity contribution in [3.63, 3.8) is 0 Å². The van der Waals surface area contributed by atoms with Crippen molar-refractivity contribution in [1.82, 2.24) is 24.8 Å². The van der Waals surface area contributed by atoms with Gasteiger partial charge in [0, 0.05) is 40.3 Å². The fourth-order valence-corrected chi connectivity index (χ4v) is 4.79. The van der Waals surface area contributed by atoms with Crippen LogP contribution in [0.3, 0.4) is 0 Å². The second-order valence-corrected chi connectivity index (χ2v) is 8.93. The summed E-state index contributed by atoms with van der Waals surface area (Å²) in [6.07, 6.45) is 3.42. The van der Waals surface area contributed by atoms with Gasteiger partial charge in [0.05, 0.1) is 11.6 Å². The number of ether oxygens (including phenoxy) is 1. The largest absolute Gasteiger partial charge is 0.457 e. The van der Waals surface area contributed by atoms with Crippen molar-refractivity contribution in [2.24, 2.45) is 0 Å². The van der Waals surface area contributed by atoms with Crippen LogP contribution in [0.25, 0.3) is 28.3 Å². The minimum Gasteiger partial charge on any atom is -0.457 e. The minimum atomic E-state index is -0.491. The Balaban J connectivity index is 1.22.